The standard InChI is InChI=1S/C12H17N5O/c1-9-4-5-14-17(9)10(2)12(18)13-6-11-7-15-16(3)8-11/h4-5,7-8,10H,6H2,1-3H3,(H,13,18). The maximum Gasteiger partial charge on any atom is 0.244 e. The first-order valence-electron chi connectivity index (χ1n) is 5.83. The number of carbonyl (C=O) groups excluding carboxylic acids is 1. The molecule has 2 aromatic rings. The summed E-state index contributed by atoms with van der Waals surface area (Å²) in [4.78, 5) is 12.0. The van der Waals surface area contributed by atoms with Gasteiger partial charge in [0.1, 0.15) is 6.04 Å². The molecule has 0 aliphatic carbocycles. The SMILES string of the molecule is Cc1ccnn1C(C)C(=O)NCc1cnn(C)c1. The van der Waals surface area contributed by atoms with E-state index in [1.165, 1.54) is 0 Å². The van der Waals surface area contributed by atoms with Gasteiger partial charge in [0, 0.05) is 37.2 Å². The van der Waals surface area contributed by atoms with Crippen LogP contribution in [0.4, 0.5) is 0 Å². The lowest BCUT2D eigenvalue weighted by Crippen LogP contribution is -2.31. The molecule has 2 heterocycles. The molecule has 0 aliphatic rings. The Hall–Kier alpha value is -2.11. The number of aromatic nitrogens is 4. The third-order valence-corrected chi connectivity index (χ3v) is 2.84. The molecule has 0 aliphatic heterocycles. The molecule has 6 heteroatoms. The molecular weight excluding hydrogens is 230 g/mol. The van der Waals surface area contributed by atoms with Crippen molar-refractivity contribution in [3.05, 3.63) is 35.9 Å². The zero-order valence-corrected chi connectivity index (χ0v) is 10.8. The van der Waals surface area contributed by atoms with Crippen molar-refractivity contribution in [3.63, 3.8) is 0 Å². The van der Waals surface area contributed by atoms with Crippen LogP contribution in [0, 0.1) is 6.92 Å². The third-order valence-electron chi connectivity index (χ3n) is 2.84. The van der Waals surface area contributed by atoms with Gasteiger partial charge >= 0.3 is 0 Å². The van der Waals surface area contributed by atoms with E-state index in [1.807, 2.05) is 33.2 Å². The molecule has 18 heavy (non-hydrogen) atoms. The van der Waals surface area contributed by atoms with Crippen molar-refractivity contribution in [2.75, 3.05) is 0 Å². The first kappa shape index (κ1) is 12.3. The van der Waals surface area contributed by atoms with Crippen molar-refractivity contribution in [2.24, 2.45) is 7.05 Å². The van der Waals surface area contributed by atoms with Gasteiger partial charge in [0.25, 0.3) is 0 Å². The average molecular weight is 247 g/mol. The molecule has 1 N–H and O–H groups in total. The van der Waals surface area contributed by atoms with Crippen LogP contribution in [-0.4, -0.2) is 25.5 Å². The molecule has 1 amide bonds. The van der Waals surface area contributed by atoms with Crippen LogP contribution in [0.15, 0.2) is 24.7 Å². The maximum atomic E-state index is 12.0. The number of nitrogens with zero attached hydrogens (tertiary/aromatic N) is 4. The fraction of sp³-hybridized carbons (Fsp3) is 0.417. The second-order valence-electron chi connectivity index (χ2n) is 4.33. The van der Waals surface area contributed by atoms with Gasteiger partial charge in [0.05, 0.1) is 6.20 Å². The Labute approximate surface area is 106 Å². The number of hydrogen-bond acceptors (Lipinski definition) is 3. The summed E-state index contributed by atoms with van der Waals surface area (Å²) in [5.41, 5.74) is 1.95. The average Bonchev–Trinajstić information content (AvgIpc) is 2.94. The highest BCUT2D eigenvalue weighted by atomic mass is 16.2. The summed E-state index contributed by atoms with van der Waals surface area (Å²) in [5.74, 6) is -0.0503. The van der Waals surface area contributed by atoms with E-state index in [-0.39, 0.29) is 11.9 Å². The number of aryl methyl sites for hydroxylation is 2. The molecule has 0 saturated heterocycles. The molecule has 1 unspecified atom stereocenters. The summed E-state index contributed by atoms with van der Waals surface area (Å²) >= 11 is 0. The molecule has 96 valence electrons. The quantitative estimate of drug-likeness (QED) is 0.869. The fourth-order valence-corrected chi connectivity index (χ4v) is 1.80. The van der Waals surface area contributed by atoms with Crippen molar-refractivity contribution in [2.45, 2.75) is 26.4 Å². The Balaban J connectivity index is 1.94. The highest BCUT2D eigenvalue weighted by Crippen LogP contribution is 2.08. The highest BCUT2D eigenvalue weighted by Gasteiger charge is 2.16. The van der Waals surface area contributed by atoms with E-state index in [2.05, 4.69) is 15.5 Å². The number of amides is 1. The van der Waals surface area contributed by atoms with Gasteiger partial charge in [-0.2, -0.15) is 10.2 Å². The monoisotopic (exact) mass is 247 g/mol. The molecule has 1 atom stereocenters. The Morgan fingerprint density at radius 1 is 1.50 bits per heavy atom. The minimum Gasteiger partial charge on any atom is -0.350 e. The van der Waals surface area contributed by atoms with Gasteiger partial charge in [-0.05, 0) is 19.9 Å². The van der Waals surface area contributed by atoms with Crippen molar-refractivity contribution >= 4 is 5.91 Å². The normalized spacial score (nSPS) is 12.4. The molecule has 0 aromatic carbocycles. The molecule has 0 fully saturated rings. The van der Waals surface area contributed by atoms with Crippen molar-refractivity contribution < 1.29 is 4.79 Å². The smallest absolute Gasteiger partial charge is 0.244 e. The molecule has 0 spiro atoms. The molecule has 2 rings (SSSR count). The van der Waals surface area contributed by atoms with Crippen LogP contribution in [0.1, 0.15) is 24.2 Å². The number of hydrogen-bond donors (Lipinski definition) is 1. The second-order valence-corrected chi connectivity index (χ2v) is 4.33. The number of carbonyl (C=O) groups is 1. The lowest BCUT2D eigenvalue weighted by molar-refractivity contribution is -0.124. The van der Waals surface area contributed by atoms with Gasteiger partial charge in [-0.1, -0.05) is 0 Å². The van der Waals surface area contributed by atoms with E-state index in [0.717, 1.165) is 11.3 Å². The molecule has 2 aromatic heterocycles. The molecule has 6 nitrogen and oxygen atoms in total. The van der Waals surface area contributed by atoms with Crippen LogP contribution in [0.25, 0.3) is 0 Å². The van der Waals surface area contributed by atoms with E-state index < -0.39 is 0 Å². The second kappa shape index (κ2) is 5.03. The molecule has 0 bridgehead atoms. The summed E-state index contributed by atoms with van der Waals surface area (Å²) in [6, 6.07) is 1.57. The van der Waals surface area contributed by atoms with E-state index in [9.17, 15) is 4.79 Å². The topological polar surface area (TPSA) is 64.7 Å². The van der Waals surface area contributed by atoms with Crippen LogP contribution in [-0.2, 0) is 18.4 Å². The lowest BCUT2D eigenvalue weighted by atomic mass is 10.3. The van der Waals surface area contributed by atoms with E-state index in [0.29, 0.717) is 6.54 Å². The molecule has 0 saturated carbocycles. The van der Waals surface area contributed by atoms with E-state index in [1.54, 1.807) is 21.8 Å². The summed E-state index contributed by atoms with van der Waals surface area (Å²) in [6.45, 7) is 4.24. The third kappa shape index (κ3) is 2.58. The predicted octanol–water partition coefficient (Wildman–Crippen LogP) is 0.802. The molecule has 0 radical (unpaired) electrons. The summed E-state index contributed by atoms with van der Waals surface area (Å²) in [6.07, 6.45) is 5.31. The van der Waals surface area contributed by atoms with Gasteiger partial charge in [0.15, 0.2) is 0 Å². The van der Waals surface area contributed by atoms with Crippen LogP contribution in [0.3, 0.4) is 0 Å². The first-order valence-corrected chi connectivity index (χ1v) is 5.83. The van der Waals surface area contributed by atoms with Gasteiger partial charge < -0.3 is 5.32 Å². The predicted molar refractivity (Wildman–Crippen MR) is 66.7 cm³/mol. The minimum absolute atomic E-state index is 0.0503. The maximum absolute atomic E-state index is 12.0. The van der Waals surface area contributed by atoms with Crippen molar-refractivity contribution in [1.82, 2.24) is 24.9 Å². The Bertz CT molecular complexity index is 542. The zero-order chi connectivity index (χ0) is 13.1. The summed E-state index contributed by atoms with van der Waals surface area (Å²) in [7, 11) is 1.85. The zero-order valence-electron chi connectivity index (χ0n) is 10.8. The Morgan fingerprint density at radius 3 is 2.83 bits per heavy atom. The van der Waals surface area contributed by atoms with Crippen molar-refractivity contribution in [1.29, 1.82) is 0 Å². The van der Waals surface area contributed by atoms with E-state index >= 15 is 0 Å². The Kier molecular flexibility index (Phi) is 3.45. The van der Waals surface area contributed by atoms with Crippen molar-refractivity contribution in [3.8, 4) is 0 Å². The largest absolute Gasteiger partial charge is 0.350 e. The number of rotatable bonds is 4. The van der Waals surface area contributed by atoms with Gasteiger partial charge in [0.2, 0.25) is 5.91 Å². The van der Waals surface area contributed by atoms with Gasteiger partial charge in [-0.3, -0.25) is 14.2 Å². The summed E-state index contributed by atoms with van der Waals surface area (Å²) < 4.78 is 3.42. The van der Waals surface area contributed by atoms with Crippen LogP contribution in [0.2, 0.25) is 0 Å². The van der Waals surface area contributed by atoms with Crippen LogP contribution >= 0.6 is 0 Å². The van der Waals surface area contributed by atoms with E-state index in [4.69, 9.17) is 0 Å². The Morgan fingerprint density at radius 2 is 2.28 bits per heavy atom. The summed E-state index contributed by atoms with van der Waals surface area (Å²) in [5, 5.41) is 11.1. The lowest BCUT2D eigenvalue weighted by Gasteiger charge is -2.13. The fourth-order valence-electron chi connectivity index (χ4n) is 1.80. The van der Waals surface area contributed by atoms with Crippen LogP contribution in [0.5, 0.6) is 0 Å². The first-order chi connectivity index (χ1) is 8.58. The molecular formula is C12H17N5O. The minimum atomic E-state index is -0.309. The number of nitrogens with one attached hydrogen (secondary N) is 1. The van der Waals surface area contributed by atoms with Crippen LogP contribution < -0.4 is 5.32 Å². The van der Waals surface area contributed by atoms with Gasteiger partial charge in [-0.25, -0.2) is 0 Å². The highest BCUT2D eigenvalue weighted by molar-refractivity contribution is 5.79. The van der Waals surface area contributed by atoms with Gasteiger partial charge in [-0.15, -0.1) is 0 Å².